The Hall–Kier alpha value is -1.87. The number of nitrogens with zero attached hydrogens (tertiary/aromatic N) is 2. The second kappa shape index (κ2) is 7.75. The molecule has 2 fully saturated rings. The highest BCUT2D eigenvalue weighted by atomic mass is 19.4. The summed E-state index contributed by atoms with van der Waals surface area (Å²) in [5.41, 5.74) is 0.459. The lowest BCUT2D eigenvalue weighted by Gasteiger charge is -2.39. The van der Waals surface area contributed by atoms with Crippen LogP contribution in [0.1, 0.15) is 37.4 Å². The van der Waals surface area contributed by atoms with E-state index in [1.54, 1.807) is 16.7 Å². The molecule has 1 aromatic rings. The van der Waals surface area contributed by atoms with Crippen molar-refractivity contribution in [3.63, 3.8) is 0 Å². The van der Waals surface area contributed by atoms with Crippen LogP contribution in [0.3, 0.4) is 0 Å². The second-order valence-corrected chi connectivity index (χ2v) is 8.46. The molecule has 1 saturated carbocycles. The summed E-state index contributed by atoms with van der Waals surface area (Å²) in [5.74, 6) is -1.59. The minimum atomic E-state index is -4.50. The molecule has 2 aliphatic heterocycles. The van der Waals surface area contributed by atoms with Crippen LogP contribution in [0.5, 0.6) is 0 Å². The maximum atomic E-state index is 12.8. The maximum Gasteiger partial charge on any atom is 0.405 e. The summed E-state index contributed by atoms with van der Waals surface area (Å²) in [7, 11) is 0. The quantitative estimate of drug-likeness (QED) is 0.771. The molecular weight excluding hydrogens is 387 g/mol. The average Bonchev–Trinajstić information content (AvgIpc) is 3.24. The topological polar surface area (TPSA) is 74.6 Å². The van der Waals surface area contributed by atoms with E-state index in [4.69, 9.17) is 0 Å². The van der Waals surface area contributed by atoms with E-state index in [1.807, 2.05) is 5.32 Å². The lowest BCUT2D eigenvalue weighted by Crippen LogP contribution is -2.47. The van der Waals surface area contributed by atoms with Crippen molar-refractivity contribution >= 4 is 5.91 Å². The second-order valence-electron chi connectivity index (χ2n) is 8.46. The Kier molecular flexibility index (Phi) is 5.46. The third-order valence-corrected chi connectivity index (χ3v) is 6.76. The molecule has 160 valence electrons. The van der Waals surface area contributed by atoms with Crippen molar-refractivity contribution in [1.82, 2.24) is 14.8 Å². The van der Waals surface area contributed by atoms with Gasteiger partial charge < -0.3 is 15.0 Å². The number of aliphatic hydroxyl groups excluding tert-OH is 1. The number of amides is 1. The summed E-state index contributed by atoms with van der Waals surface area (Å²) in [4.78, 5) is 27.4. The molecule has 6 nitrogen and oxygen atoms in total. The first-order chi connectivity index (χ1) is 13.8. The summed E-state index contributed by atoms with van der Waals surface area (Å²) in [6.45, 7) is -0.637. The van der Waals surface area contributed by atoms with Crippen molar-refractivity contribution in [2.75, 3.05) is 19.7 Å². The molecule has 2 bridgehead atoms. The Morgan fingerprint density at radius 1 is 1.24 bits per heavy atom. The predicted octanol–water partition coefficient (Wildman–Crippen LogP) is 1.68. The monoisotopic (exact) mass is 413 g/mol. The highest BCUT2D eigenvalue weighted by molar-refractivity contribution is 5.80. The van der Waals surface area contributed by atoms with Crippen molar-refractivity contribution in [2.45, 2.75) is 50.5 Å². The Bertz CT molecular complexity index is 819. The minimum absolute atomic E-state index is 0.189. The minimum Gasteiger partial charge on any atom is -0.396 e. The SMILES string of the molecule is O=C(NCC(F)(F)F)[C@@H]1[C@@H](CO)[C@@H]2Cn3c(cccc3=O)[C@H]1N2CC1CCCC1. The Labute approximate surface area is 166 Å². The molecule has 29 heavy (non-hydrogen) atoms. The van der Waals surface area contributed by atoms with Crippen molar-refractivity contribution in [1.29, 1.82) is 0 Å². The molecule has 3 aliphatic rings. The summed E-state index contributed by atoms with van der Waals surface area (Å²) in [6, 6.07) is 4.09. The largest absolute Gasteiger partial charge is 0.405 e. The van der Waals surface area contributed by atoms with E-state index in [0.29, 0.717) is 18.2 Å². The number of carbonyl (C=O) groups is 1. The first kappa shape index (κ1) is 20.4. The van der Waals surface area contributed by atoms with Crippen molar-refractivity contribution in [2.24, 2.45) is 17.8 Å². The highest BCUT2D eigenvalue weighted by Gasteiger charge is 2.56. The molecule has 1 amide bonds. The van der Waals surface area contributed by atoms with Gasteiger partial charge in [0.2, 0.25) is 5.91 Å². The number of pyridine rings is 1. The molecule has 1 aliphatic carbocycles. The van der Waals surface area contributed by atoms with Crippen LogP contribution in [0.4, 0.5) is 13.2 Å². The first-order valence-corrected chi connectivity index (χ1v) is 10.2. The Balaban J connectivity index is 1.70. The summed E-state index contributed by atoms with van der Waals surface area (Å²) in [5, 5.41) is 12.1. The number of fused-ring (bicyclic) bond motifs is 4. The van der Waals surface area contributed by atoms with Crippen LogP contribution in [0.25, 0.3) is 0 Å². The van der Waals surface area contributed by atoms with Gasteiger partial charge in [-0.15, -0.1) is 0 Å². The number of rotatable bonds is 5. The zero-order valence-electron chi connectivity index (χ0n) is 16.1. The van der Waals surface area contributed by atoms with Gasteiger partial charge in [0, 0.05) is 43.4 Å². The number of aliphatic hydroxyl groups is 1. The molecule has 0 aromatic carbocycles. The zero-order valence-corrected chi connectivity index (χ0v) is 16.1. The van der Waals surface area contributed by atoms with E-state index >= 15 is 0 Å². The smallest absolute Gasteiger partial charge is 0.396 e. The van der Waals surface area contributed by atoms with Crippen molar-refractivity contribution in [3.8, 4) is 0 Å². The fourth-order valence-electron chi connectivity index (χ4n) is 5.52. The van der Waals surface area contributed by atoms with Crippen LogP contribution >= 0.6 is 0 Å². The standard InChI is InChI=1S/C20H26F3N3O3/c21-20(22,23)11-24-19(29)17-13(10-27)15-9-25-14(6-3-7-16(25)28)18(17)26(15)8-12-4-1-2-5-12/h3,6-7,12-13,15,17-18,27H,1-2,4-5,8-11H2,(H,24,29)/t13-,15-,17+,18+/m0/s1. The third-order valence-electron chi connectivity index (χ3n) is 6.76. The number of halogens is 3. The number of nitrogens with one attached hydrogen (secondary N) is 1. The van der Waals surface area contributed by atoms with Gasteiger partial charge in [0.25, 0.3) is 5.56 Å². The van der Waals surface area contributed by atoms with E-state index < -0.39 is 36.5 Å². The maximum absolute atomic E-state index is 12.8. The fraction of sp³-hybridized carbons (Fsp3) is 0.700. The van der Waals surface area contributed by atoms with Gasteiger partial charge in [-0.3, -0.25) is 14.5 Å². The molecule has 1 saturated heterocycles. The van der Waals surface area contributed by atoms with E-state index in [2.05, 4.69) is 4.90 Å². The summed E-state index contributed by atoms with van der Waals surface area (Å²) < 4.78 is 39.6. The van der Waals surface area contributed by atoms with Crippen molar-refractivity contribution in [3.05, 3.63) is 34.2 Å². The molecule has 9 heteroatoms. The van der Waals surface area contributed by atoms with Crippen LogP contribution < -0.4 is 10.9 Å². The Morgan fingerprint density at radius 3 is 2.62 bits per heavy atom. The lowest BCUT2D eigenvalue weighted by atomic mass is 9.86. The van der Waals surface area contributed by atoms with Gasteiger partial charge in [-0.25, -0.2) is 0 Å². The van der Waals surface area contributed by atoms with E-state index in [1.165, 1.54) is 6.07 Å². The van der Waals surface area contributed by atoms with E-state index in [9.17, 15) is 27.9 Å². The van der Waals surface area contributed by atoms with Gasteiger partial charge in [0.15, 0.2) is 0 Å². The molecule has 0 spiro atoms. The van der Waals surface area contributed by atoms with Crippen LogP contribution in [0.15, 0.2) is 23.0 Å². The van der Waals surface area contributed by atoms with Gasteiger partial charge in [0.1, 0.15) is 6.54 Å². The van der Waals surface area contributed by atoms with E-state index in [-0.39, 0.29) is 18.2 Å². The Morgan fingerprint density at radius 2 is 1.97 bits per heavy atom. The van der Waals surface area contributed by atoms with Crippen LogP contribution in [-0.2, 0) is 11.3 Å². The summed E-state index contributed by atoms with van der Waals surface area (Å²) in [6.07, 6.45) is -0.0133. The number of carbonyl (C=O) groups excluding carboxylic acids is 1. The van der Waals surface area contributed by atoms with Crippen LogP contribution in [0, 0.1) is 17.8 Å². The average molecular weight is 413 g/mol. The zero-order chi connectivity index (χ0) is 20.8. The van der Waals surface area contributed by atoms with Crippen molar-refractivity contribution < 1.29 is 23.1 Å². The van der Waals surface area contributed by atoms with Gasteiger partial charge in [0.05, 0.1) is 12.0 Å². The van der Waals surface area contributed by atoms with Gasteiger partial charge >= 0.3 is 6.18 Å². The lowest BCUT2D eigenvalue weighted by molar-refractivity contribution is -0.142. The van der Waals surface area contributed by atoms with Gasteiger partial charge in [-0.1, -0.05) is 18.9 Å². The molecule has 0 unspecified atom stereocenters. The molecule has 2 N–H and O–H groups in total. The van der Waals surface area contributed by atoms with Crippen LogP contribution in [0.2, 0.25) is 0 Å². The molecule has 4 rings (SSSR count). The molecular formula is C20H26F3N3O3. The van der Waals surface area contributed by atoms with Gasteiger partial charge in [-0.2, -0.15) is 13.2 Å². The molecule has 1 aromatic heterocycles. The number of alkyl halides is 3. The van der Waals surface area contributed by atoms with Crippen LogP contribution in [-0.4, -0.2) is 52.4 Å². The molecule has 0 radical (unpaired) electrons. The summed E-state index contributed by atoms with van der Waals surface area (Å²) >= 11 is 0. The van der Waals surface area contributed by atoms with Gasteiger partial charge in [-0.05, 0) is 24.8 Å². The number of aromatic nitrogens is 1. The number of hydrogen-bond donors (Lipinski definition) is 2. The molecule has 4 atom stereocenters. The fourth-order valence-corrected chi connectivity index (χ4v) is 5.52. The number of hydrogen-bond acceptors (Lipinski definition) is 4. The highest BCUT2D eigenvalue weighted by Crippen LogP contribution is 2.49. The molecule has 3 heterocycles. The first-order valence-electron chi connectivity index (χ1n) is 10.2. The normalized spacial score (nSPS) is 29.8. The van der Waals surface area contributed by atoms with E-state index in [0.717, 1.165) is 32.2 Å². The predicted molar refractivity (Wildman–Crippen MR) is 99.0 cm³/mol. The third kappa shape index (κ3) is 3.82.